The van der Waals surface area contributed by atoms with Crippen molar-refractivity contribution in [2.24, 2.45) is 5.92 Å². The van der Waals surface area contributed by atoms with E-state index >= 15 is 0 Å². The number of benzene rings is 1. The predicted molar refractivity (Wildman–Crippen MR) is 62.3 cm³/mol. The maximum Gasteiger partial charge on any atom is 0.272 e. The van der Waals surface area contributed by atoms with Gasteiger partial charge in [-0.2, -0.15) is 0 Å². The second kappa shape index (κ2) is 5.61. The molecule has 0 spiro atoms. The van der Waals surface area contributed by atoms with E-state index in [0.717, 1.165) is 0 Å². The number of hydrogen-bond donors (Lipinski definition) is 1. The summed E-state index contributed by atoms with van der Waals surface area (Å²) in [5, 5.41) is 20.5. The molecule has 0 fully saturated rings. The maximum atomic E-state index is 10.7. The molecule has 0 saturated carbocycles. The summed E-state index contributed by atoms with van der Waals surface area (Å²) in [6, 6.07) is 6.56. The molecular weight excluding hydrogens is 206 g/mol. The van der Waals surface area contributed by atoms with Crippen LogP contribution in [0.15, 0.2) is 24.3 Å². The fourth-order valence-corrected chi connectivity index (χ4v) is 1.74. The minimum atomic E-state index is -0.513. The molecule has 0 aliphatic rings. The highest BCUT2D eigenvalue weighted by Crippen LogP contribution is 2.20. The molecule has 88 valence electrons. The van der Waals surface area contributed by atoms with Crippen molar-refractivity contribution in [2.45, 2.75) is 32.8 Å². The molecular formula is C12H17NO3. The Hall–Kier alpha value is -1.42. The van der Waals surface area contributed by atoms with Gasteiger partial charge in [-0.05, 0) is 12.3 Å². The van der Waals surface area contributed by atoms with Gasteiger partial charge in [0, 0.05) is 18.1 Å². The minimum absolute atomic E-state index is 0.0882. The lowest BCUT2D eigenvalue weighted by molar-refractivity contribution is -0.385. The van der Waals surface area contributed by atoms with Crippen LogP contribution in [0.5, 0.6) is 0 Å². The molecule has 1 unspecified atom stereocenters. The molecule has 1 rings (SSSR count). The van der Waals surface area contributed by atoms with Crippen LogP contribution in [0.25, 0.3) is 0 Å². The fraction of sp³-hybridized carbons (Fsp3) is 0.500. The summed E-state index contributed by atoms with van der Waals surface area (Å²) in [7, 11) is 0. The molecule has 1 atom stereocenters. The number of aliphatic hydroxyl groups is 1. The summed E-state index contributed by atoms with van der Waals surface area (Å²) in [6.45, 7) is 4.03. The monoisotopic (exact) mass is 223 g/mol. The average molecular weight is 223 g/mol. The third kappa shape index (κ3) is 3.62. The van der Waals surface area contributed by atoms with Crippen molar-refractivity contribution in [3.05, 3.63) is 39.9 Å². The molecule has 0 aromatic heterocycles. The summed E-state index contributed by atoms with van der Waals surface area (Å²) in [4.78, 5) is 10.3. The molecule has 16 heavy (non-hydrogen) atoms. The van der Waals surface area contributed by atoms with Gasteiger partial charge in [0.25, 0.3) is 5.69 Å². The fourth-order valence-electron chi connectivity index (χ4n) is 1.74. The van der Waals surface area contributed by atoms with Crippen molar-refractivity contribution in [3.8, 4) is 0 Å². The first-order valence-corrected chi connectivity index (χ1v) is 5.41. The van der Waals surface area contributed by atoms with E-state index in [1.165, 1.54) is 6.07 Å². The zero-order chi connectivity index (χ0) is 12.1. The summed E-state index contributed by atoms with van der Waals surface area (Å²) in [5.41, 5.74) is 0.686. The Morgan fingerprint density at radius 1 is 1.38 bits per heavy atom. The molecule has 0 saturated heterocycles. The van der Waals surface area contributed by atoms with E-state index in [9.17, 15) is 15.2 Å². The maximum absolute atomic E-state index is 10.7. The van der Waals surface area contributed by atoms with Gasteiger partial charge in [0.1, 0.15) is 0 Å². The molecule has 0 bridgehead atoms. The quantitative estimate of drug-likeness (QED) is 0.616. The number of nitro groups is 1. The first-order valence-electron chi connectivity index (χ1n) is 5.41. The Kier molecular flexibility index (Phi) is 4.43. The molecule has 0 radical (unpaired) electrons. The van der Waals surface area contributed by atoms with E-state index in [4.69, 9.17) is 0 Å². The van der Waals surface area contributed by atoms with Crippen LogP contribution in [0.2, 0.25) is 0 Å². The van der Waals surface area contributed by atoms with Gasteiger partial charge in [-0.25, -0.2) is 0 Å². The van der Waals surface area contributed by atoms with Gasteiger partial charge >= 0.3 is 0 Å². The molecule has 0 aliphatic heterocycles. The number of aliphatic hydroxyl groups excluding tert-OH is 1. The Bertz CT molecular complexity index is 363. The Morgan fingerprint density at radius 3 is 2.56 bits per heavy atom. The summed E-state index contributed by atoms with van der Waals surface area (Å²) < 4.78 is 0. The van der Waals surface area contributed by atoms with Crippen molar-refractivity contribution >= 4 is 5.69 Å². The summed E-state index contributed by atoms with van der Waals surface area (Å²) in [5.74, 6) is 0.387. The Morgan fingerprint density at radius 2 is 2.00 bits per heavy atom. The summed E-state index contributed by atoms with van der Waals surface area (Å²) >= 11 is 0. The molecule has 0 aliphatic carbocycles. The third-order valence-electron chi connectivity index (χ3n) is 2.39. The lowest BCUT2D eigenvalue weighted by Crippen LogP contribution is -2.14. The Balaban J connectivity index is 2.76. The van der Waals surface area contributed by atoms with Gasteiger partial charge in [0.15, 0.2) is 0 Å². The van der Waals surface area contributed by atoms with E-state index < -0.39 is 11.0 Å². The van der Waals surface area contributed by atoms with Gasteiger partial charge in [-0.1, -0.05) is 32.0 Å². The van der Waals surface area contributed by atoms with Gasteiger partial charge in [-0.3, -0.25) is 10.1 Å². The van der Waals surface area contributed by atoms with E-state index in [1.54, 1.807) is 18.2 Å². The van der Waals surface area contributed by atoms with Crippen LogP contribution in [0.4, 0.5) is 5.69 Å². The lowest BCUT2D eigenvalue weighted by atomic mass is 9.99. The van der Waals surface area contributed by atoms with Gasteiger partial charge < -0.3 is 5.11 Å². The van der Waals surface area contributed by atoms with Gasteiger partial charge in [-0.15, -0.1) is 0 Å². The SMILES string of the molecule is CC(C)CC(O)Cc1ccccc1[N+](=O)[O-]. The smallest absolute Gasteiger partial charge is 0.272 e. The topological polar surface area (TPSA) is 63.4 Å². The minimum Gasteiger partial charge on any atom is -0.393 e. The number of rotatable bonds is 5. The zero-order valence-electron chi connectivity index (χ0n) is 9.59. The first kappa shape index (κ1) is 12.6. The highest BCUT2D eigenvalue weighted by Gasteiger charge is 2.16. The highest BCUT2D eigenvalue weighted by molar-refractivity contribution is 5.40. The predicted octanol–water partition coefficient (Wildman–Crippen LogP) is 2.54. The van der Waals surface area contributed by atoms with Crippen molar-refractivity contribution in [1.82, 2.24) is 0 Å². The van der Waals surface area contributed by atoms with Gasteiger partial charge in [0.05, 0.1) is 11.0 Å². The normalized spacial score (nSPS) is 12.8. The lowest BCUT2D eigenvalue weighted by Gasteiger charge is -2.12. The summed E-state index contributed by atoms with van der Waals surface area (Å²) in [6.07, 6.45) is 0.489. The molecule has 0 heterocycles. The van der Waals surface area contributed by atoms with Crippen molar-refractivity contribution in [2.75, 3.05) is 0 Å². The first-order chi connectivity index (χ1) is 7.50. The van der Waals surface area contributed by atoms with Crippen LogP contribution in [0, 0.1) is 16.0 Å². The van der Waals surface area contributed by atoms with E-state index in [1.807, 2.05) is 13.8 Å². The zero-order valence-corrected chi connectivity index (χ0v) is 9.59. The standard InChI is InChI=1S/C12H17NO3/c1-9(2)7-11(14)8-10-5-3-4-6-12(10)13(15)16/h3-6,9,11,14H,7-8H2,1-2H3. The largest absolute Gasteiger partial charge is 0.393 e. The number of nitrogens with zero attached hydrogens (tertiary/aromatic N) is 1. The van der Waals surface area contributed by atoms with Crippen LogP contribution in [0.3, 0.4) is 0 Å². The second-order valence-electron chi connectivity index (χ2n) is 4.37. The molecule has 4 heteroatoms. The van der Waals surface area contributed by atoms with Crippen molar-refractivity contribution in [3.63, 3.8) is 0 Å². The molecule has 1 N–H and O–H groups in total. The number of hydrogen-bond acceptors (Lipinski definition) is 3. The highest BCUT2D eigenvalue weighted by atomic mass is 16.6. The van der Waals surface area contributed by atoms with E-state index in [0.29, 0.717) is 24.3 Å². The third-order valence-corrected chi connectivity index (χ3v) is 2.39. The van der Waals surface area contributed by atoms with Crippen molar-refractivity contribution < 1.29 is 10.0 Å². The van der Waals surface area contributed by atoms with E-state index in [2.05, 4.69) is 0 Å². The van der Waals surface area contributed by atoms with Crippen LogP contribution >= 0.6 is 0 Å². The van der Waals surface area contributed by atoms with Gasteiger partial charge in [0.2, 0.25) is 0 Å². The van der Waals surface area contributed by atoms with Crippen LogP contribution in [-0.2, 0) is 6.42 Å². The second-order valence-corrected chi connectivity index (χ2v) is 4.37. The van der Waals surface area contributed by atoms with Crippen LogP contribution in [0.1, 0.15) is 25.8 Å². The molecule has 4 nitrogen and oxygen atoms in total. The number of nitro benzene ring substituents is 1. The van der Waals surface area contributed by atoms with Crippen LogP contribution in [-0.4, -0.2) is 16.1 Å². The molecule has 0 amide bonds. The average Bonchev–Trinajstić information content (AvgIpc) is 2.16. The van der Waals surface area contributed by atoms with Crippen molar-refractivity contribution in [1.29, 1.82) is 0 Å². The van der Waals surface area contributed by atoms with Crippen LogP contribution < -0.4 is 0 Å². The van der Waals surface area contributed by atoms with E-state index in [-0.39, 0.29) is 5.69 Å². The molecule has 1 aromatic carbocycles. The Labute approximate surface area is 95.1 Å². The number of para-hydroxylation sites is 1. The molecule has 1 aromatic rings.